The van der Waals surface area contributed by atoms with Gasteiger partial charge in [-0.25, -0.2) is 4.39 Å². The number of halogens is 1. The van der Waals surface area contributed by atoms with Gasteiger partial charge in [-0.15, -0.1) is 0 Å². The zero-order valence-corrected chi connectivity index (χ0v) is 7.38. The van der Waals surface area contributed by atoms with E-state index in [1.54, 1.807) is 14.0 Å². The monoisotopic (exact) mass is 168 g/mol. The van der Waals surface area contributed by atoms with Crippen molar-refractivity contribution in [1.29, 1.82) is 0 Å². The topological polar surface area (TPSA) is 9.23 Å². The maximum Gasteiger partial charge on any atom is 0.118 e. The number of methoxy groups -OCH3 is 1. The maximum absolute atomic E-state index is 12.5. The van der Waals surface area contributed by atoms with E-state index < -0.39 is 6.17 Å². The molecule has 0 heterocycles. The zero-order valence-electron chi connectivity index (χ0n) is 7.38. The Morgan fingerprint density at radius 2 is 1.92 bits per heavy atom. The van der Waals surface area contributed by atoms with Crippen LogP contribution >= 0.6 is 0 Å². The molecule has 0 fully saturated rings. The Morgan fingerprint density at radius 1 is 1.33 bits per heavy atom. The molecule has 0 amide bonds. The van der Waals surface area contributed by atoms with E-state index in [1.165, 1.54) is 0 Å². The maximum atomic E-state index is 12.5. The second kappa shape index (κ2) is 4.10. The molecule has 0 aliphatic rings. The van der Waals surface area contributed by atoms with Gasteiger partial charge in [0.25, 0.3) is 0 Å². The fraction of sp³-hybridized carbons (Fsp3) is 0.400. The molecular weight excluding hydrogens is 155 g/mol. The predicted octanol–water partition coefficient (Wildman–Crippen LogP) is 2.60. The summed E-state index contributed by atoms with van der Waals surface area (Å²) in [4.78, 5) is 0. The molecule has 1 aromatic carbocycles. The van der Waals surface area contributed by atoms with Crippen LogP contribution in [0.4, 0.5) is 4.39 Å². The van der Waals surface area contributed by atoms with Crippen molar-refractivity contribution < 1.29 is 9.13 Å². The van der Waals surface area contributed by atoms with Gasteiger partial charge in [-0.05, 0) is 24.6 Å². The minimum absolute atomic E-state index is 0.476. The van der Waals surface area contributed by atoms with E-state index in [0.717, 1.165) is 11.3 Å². The van der Waals surface area contributed by atoms with Gasteiger partial charge < -0.3 is 4.74 Å². The highest BCUT2D eigenvalue weighted by Gasteiger charge is 2.00. The first-order valence-electron chi connectivity index (χ1n) is 3.99. The van der Waals surface area contributed by atoms with E-state index in [4.69, 9.17) is 4.74 Å². The third-order valence-corrected chi connectivity index (χ3v) is 1.68. The van der Waals surface area contributed by atoms with Crippen LogP contribution in [0.2, 0.25) is 0 Å². The summed E-state index contributed by atoms with van der Waals surface area (Å²) in [5, 5.41) is 0. The highest BCUT2D eigenvalue weighted by atomic mass is 19.1. The Balaban J connectivity index is 2.65. The third-order valence-electron chi connectivity index (χ3n) is 1.68. The van der Waals surface area contributed by atoms with Crippen molar-refractivity contribution >= 4 is 0 Å². The van der Waals surface area contributed by atoms with E-state index >= 15 is 0 Å². The summed E-state index contributed by atoms with van der Waals surface area (Å²) < 4.78 is 17.5. The molecule has 1 rings (SSSR count). The highest BCUT2D eigenvalue weighted by molar-refractivity contribution is 5.27. The molecule has 2 heteroatoms. The number of ether oxygens (including phenoxy) is 1. The van der Waals surface area contributed by atoms with Crippen LogP contribution in [-0.4, -0.2) is 13.3 Å². The molecule has 0 saturated carbocycles. The summed E-state index contributed by atoms with van der Waals surface area (Å²) in [6, 6.07) is 7.46. The van der Waals surface area contributed by atoms with Crippen LogP contribution < -0.4 is 4.74 Å². The molecule has 0 aliphatic heterocycles. The molecule has 0 aromatic heterocycles. The number of alkyl halides is 1. The summed E-state index contributed by atoms with van der Waals surface area (Å²) >= 11 is 0. The summed E-state index contributed by atoms with van der Waals surface area (Å²) in [5.74, 6) is 0.810. The highest BCUT2D eigenvalue weighted by Crippen LogP contribution is 2.13. The van der Waals surface area contributed by atoms with Gasteiger partial charge in [-0.1, -0.05) is 12.1 Å². The van der Waals surface area contributed by atoms with Gasteiger partial charge in [-0.3, -0.25) is 0 Å². The van der Waals surface area contributed by atoms with Crippen molar-refractivity contribution in [2.24, 2.45) is 0 Å². The molecule has 1 aromatic rings. The lowest BCUT2D eigenvalue weighted by Gasteiger charge is -2.03. The zero-order chi connectivity index (χ0) is 8.97. The van der Waals surface area contributed by atoms with E-state index in [2.05, 4.69) is 0 Å². The van der Waals surface area contributed by atoms with Crippen LogP contribution in [0.5, 0.6) is 5.75 Å². The van der Waals surface area contributed by atoms with Crippen molar-refractivity contribution in [3.05, 3.63) is 29.8 Å². The van der Waals surface area contributed by atoms with Gasteiger partial charge in [0, 0.05) is 6.42 Å². The minimum atomic E-state index is -0.779. The average Bonchev–Trinajstić information content (AvgIpc) is 2.05. The first-order chi connectivity index (χ1) is 5.72. The summed E-state index contributed by atoms with van der Waals surface area (Å²) in [6.07, 6.45) is -0.303. The summed E-state index contributed by atoms with van der Waals surface area (Å²) in [6.45, 7) is 1.56. The van der Waals surface area contributed by atoms with Crippen LogP contribution in [0.25, 0.3) is 0 Å². The first-order valence-corrected chi connectivity index (χ1v) is 3.99. The summed E-state index contributed by atoms with van der Waals surface area (Å²) in [5.41, 5.74) is 1.01. The molecule has 66 valence electrons. The van der Waals surface area contributed by atoms with Crippen molar-refractivity contribution in [2.75, 3.05) is 7.11 Å². The van der Waals surface area contributed by atoms with Gasteiger partial charge in [0.05, 0.1) is 7.11 Å². The van der Waals surface area contributed by atoms with Crippen LogP contribution in [0.15, 0.2) is 24.3 Å². The second-order valence-corrected chi connectivity index (χ2v) is 2.83. The third kappa shape index (κ3) is 2.53. The Kier molecular flexibility index (Phi) is 3.09. The molecule has 0 unspecified atom stereocenters. The average molecular weight is 168 g/mol. The fourth-order valence-electron chi connectivity index (χ4n) is 1.09. The SMILES string of the molecule is COc1ccc(C[C@H](C)F)cc1. The quantitative estimate of drug-likeness (QED) is 0.674. The minimum Gasteiger partial charge on any atom is -0.497 e. The first kappa shape index (κ1) is 9.04. The van der Waals surface area contributed by atoms with E-state index in [9.17, 15) is 4.39 Å². The summed E-state index contributed by atoms with van der Waals surface area (Å²) in [7, 11) is 1.62. The van der Waals surface area contributed by atoms with Gasteiger partial charge >= 0.3 is 0 Å². The van der Waals surface area contributed by atoms with Crippen LogP contribution in [0, 0.1) is 0 Å². The Hall–Kier alpha value is -1.05. The molecule has 1 nitrogen and oxygen atoms in total. The number of rotatable bonds is 3. The Bertz CT molecular complexity index is 228. The second-order valence-electron chi connectivity index (χ2n) is 2.83. The molecule has 0 bridgehead atoms. The fourth-order valence-corrected chi connectivity index (χ4v) is 1.09. The number of hydrogen-bond acceptors (Lipinski definition) is 1. The molecule has 0 aliphatic carbocycles. The van der Waals surface area contributed by atoms with E-state index in [0.29, 0.717) is 6.42 Å². The molecular formula is C10H13FO. The number of hydrogen-bond donors (Lipinski definition) is 0. The molecule has 12 heavy (non-hydrogen) atoms. The normalized spacial score (nSPS) is 12.6. The van der Waals surface area contributed by atoms with Gasteiger partial charge in [-0.2, -0.15) is 0 Å². The van der Waals surface area contributed by atoms with Crippen molar-refractivity contribution in [2.45, 2.75) is 19.5 Å². The van der Waals surface area contributed by atoms with Crippen LogP contribution in [-0.2, 0) is 6.42 Å². The van der Waals surface area contributed by atoms with Crippen LogP contribution in [0.1, 0.15) is 12.5 Å². The Morgan fingerprint density at radius 3 is 2.33 bits per heavy atom. The van der Waals surface area contributed by atoms with Crippen LogP contribution in [0.3, 0.4) is 0 Å². The van der Waals surface area contributed by atoms with Gasteiger partial charge in [0.1, 0.15) is 11.9 Å². The molecule has 0 N–H and O–H groups in total. The molecule has 0 spiro atoms. The smallest absolute Gasteiger partial charge is 0.118 e. The molecule has 0 saturated heterocycles. The van der Waals surface area contributed by atoms with E-state index in [1.807, 2.05) is 24.3 Å². The van der Waals surface area contributed by atoms with E-state index in [-0.39, 0.29) is 0 Å². The number of benzene rings is 1. The molecule has 0 radical (unpaired) electrons. The lowest BCUT2D eigenvalue weighted by atomic mass is 10.1. The van der Waals surface area contributed by atoms with Crippen molar-refractivity contribution in [3.8, 4) is 5.75 Å². The van der Waals surface area contributed by atoms with Crippen molar-refractivity contribution in [1.82, 2.24) is 0 Å². The lowest BCUT2D eigenvalue weighted by Crippen LogP contribution is -1.97. The van der Waals surface area contributed by atoms with Crippen molar-refractivity contribution in [3.63, 3.8) is 0 Å². The van der Waals surface area contributed by atoms with Gasteiger partial charge in [0.2, 0.25) is 0 Å². The largest absolute Gasteiger partial charge is 0.497 e. The lowest BCUT2D eigenvalue weighted by molar-refractivity contribution is 0.360. The Labute approximate surface area is 72.2 Å². The van der Waals surface area contributed by atoms with Gasteiger partial charge in [0.15, 0.2) is 0 Å². The predicted molar refractivity (Wildman–Crippen MR) is 47.3 cm³/mol. The standard InChI is InChI=1S/C10H13FO/c1-8(11)7-9-3-5-10(12-2)6-4-9/h3-6,8H,7H2,1-2H3/t8-/m0/s1. The molecule has 1 atom stereocenters.